The summed E-state index contributed by atoms with van der Waals surface area (Å²) in [7, 11) is 0. The fourth-order valence-electron chi connectivity index (χ4n) is 3.35. The zero-order valence-electron chi connectivity index (χ0n) is 15.0. The molecule has 132 valence electrons. The van der Waals surface area contributed by atoms with Crippen LogP contribution >= 0.6 is 11.3 Å². The van der Waals surface area contributed by atoms with Crippen molar-refractivity contribution in [3.63, 3.8) is 0 Å². The fourth-order valence-corrected chi connectivity index (χ4v) is 4.33. The summed E-state index contributed by atoms with van der Waals surface area (Å²) in [5, 5.41) is 15.5. The van der Waals surface area contributed by atoms with Crippen LogP contribution in [0.3, 0.4) is 0 Å². The molecule has 2 aromatic carbocycles. The Bertz CT molecular complexity index is 1170. The molecule has 0 unspecified atom stereocenters. The molecule has 0 radical (unpaired) electrons. The Kier molecular flexibility index (Phi) is 3.73. The van der Waals surface area contributed by atoms with E-state index in [4.69, 9.17) is 0 Å². The van der Waals surface area contributed by atoms with Gasteiger partial charge in [-0.15, -0.1) is 11.3 Å². The number of Topliss-reactive ketones (excluding diaryl/α,β-unsaturated/α-hetero) is 1. The predicted molar refractivity (Wildman–Crippen MR) is 106 cm³/mol. The second-order valence-corrected chi connectivity index (χ2v) is 7.77. The van der Waals surface area contributed by atoms with Gasteiger partial charge in [-0.3, -0.25) is 4.79 Å². The van der Waals surface area contributed by atoms with E-state index in [1.54, 1.807) is 11.3 Å². The molecule has 26 heavy (non-hydrogen) atoms. The van der Waals surface area contributed by atoms with E-state index in [9.17, 15) is 10.0 Å². The number of rotatable bonds is 3. The van der Waals surface area contributed by atoms with Crippen molar-refractivity contribution in [2.24, 2.45) is 0 Å². The Morgan fingerprint density at radius 1 is 1.19 bits per heavy atom. The highest BCUT2D eigenvalue weighted by atomic mass is 32.1. The van der Waals surface area contributed by atoms with Gasteiger partial charge in [-0.1, -0.05) is 17.7 Å². The summed E-state index contributed by atoms with van der Waals surface area (Å²) in [6.45, 7) is 7.48. The van der Waals surface area contributed by atoms with Crippen LogP contribution in [-0.2, 0) is 0 Å². The van der Waals surface area contributed by atoms with Gasteiger partial charge in [0, 0.05) is 16.6 Å². The number of hydrogen-bond acceptors (Lipinski definition) is 5. The molecule has 5 nitrogen and oxygen atoms in total. The van der Waals surface area contributed by atoms with Crippen LogP contribution in [0.5, 0.6) is 0 Å². The molecule has 0 bridgehead atoms. The number of nitrogens with zero attached hydrogens (tertiary/aromatic N) is 2. The topological polar surface area (TPSA) is 67.2 Å². The van der Waals surface area contributed by atoms with E-state index < -0.39 is 0 Å². The highest BCUT2D eigenvalue weighted by Crippen LogP contribution is 2.42. The second kappa shape index (κ2) is 5.85. The predicted octanol–water partition coefficient (Wildman–Crippen LogP) is 5.36. The maximum atomic E-state index is 12.1. The molecule has 4 rings (SSSR count). The van der Waals surface area contributed by atoms with Crippen LogP contribution in [0.1, 0.15) is 33.4 Å². The molecule has 0 aliphatic heterocycles. The van der Waals surface area contributed by atoms with Gasteiger partial charge in [0.1, 0.15) is 11.0 Å². The average molecular weight is 365 g/mol. The number of aromatic nitrogens is 2. The molecule has 4 aromatic rings. The molecule has 0 saturated carbocycles. The molecular formula is C20H19N3O2S. The minimum atomic E-state index is -0.0847. The summed E-state index contributed by atoms with van der Waals surface area (Å²) < 4.78 is 1.99. The van der Waals surface area contributed by atoms with Crippen LogP contribution in [0.4, 0.5) is 11.4 Å². The van der Waals surface area contributed by atoms with Gasteiger partial charge in [0.25, 0.3) is 0 Å². The van der Waals surface area contributed by atoms with Gasteiger partial charge in [0.05, 0.1) is 21.6 Å². The Balaban J connectivity index is 2.07. The van der Waals surface area contributed by atoms with E-state index in [1.165, 1.54) is 18.7 Å². The van der Waals surface area contributed by atoms with Gasteiger partial charge < -0.3 is 10.5 Å². The third-order valence-corrected chi connectivity index (χ3v) is 5.61. The van der Waals surface area contributed by atoms with Crippen molar-refractivity contribution in [3.8, 4) is 0 Å². The molecule has 0 aliphatic carbocycles. The summed E-state index contributed by atoms with van der Waals surface area (Å²) in [4.78, 5) is 16.7. The molecule has 0 saturated heterocycles. The van der Waals surface area contributed by atoms with Gasteiger partial charge in [-0.2, -0.15) is 4.73 Å². The number of hydrogen-bond donors (Lipinski definition) is 2. The lowest BCUT2D eigenvalue weighted by Gasteiger charge is -2.13. The number of carbonyl (C=O) groups is 1. The van der Waals surface area contributed by atoms with E-state index in [0.717, 1.165) is 36.8 Å². The third-order valence-electron chi connectivity index (χ3n) is 4.62. The number of anilines is 2. The smallest absolute Gasteiger partial charge is 0.162 e. The van der Waals surface area contributed by atoms with Crippen LogP contribution in [0.15, 0.2) is 30.5 Å². The summed E-state index contributed by atoms with van der Waals surface area (Å²) in [5.41, 5.74) is 5.81. The Morgan fingerprint density at radius 2 is 1.88 bits per heavy atom. The third kappa shape index (κ3) is 2.45. The first-order chi connectivity index (χ1) is 12.4. The average Bonchev–Trinajstić information content (AvgIpc) is 3.13. The second-order valence-electron chi connectivity index (χ2n) is 6.57. The molecular weight excluding hydrogens is 346 g/mol. The molecule has 0 spiro atoms. The lowest BCUT2D eigenvalue weighted by atomic mass is 10.0. The lowest BCUT2D eigenvalue weighted by molar-refractivity contribution is 0.101. The van der Waals surface area contributed by atoms with Crippen molar-refractivity contribution in [2.45, 2.75) is 27.7 Å². The number of fused-ring (bicyclic) bond motifs is 3. The summed E-state index contributed by atoms with van der Waals surface area (Å²) in [6.07, 6.45) is 1.48. The zero-order valence-corrected chi connectivity index (χ0v) is 15.9. The standard InChI is InChI=1S/C20H19N3O2S/c1-10-5-7-14(8-6-10)22-17-11(2)16-15(12(3)24)9-23(25)19(16)18-20(17)26-13(4)21-18/h5-9,22,25H,1-4H3. The Morgan fingerprint density at radius 3 is 2.54 bits per heavy atom. The maximum absolute atomic E-state index is 12.1. The molecule has 2 heterocycles. The number of carbonyl (C=O) groups excluding carboxylic acids is 1. The maximum Gasteiger partial charge on any atom is 0.162 e. The summed E-state index contributed by atoms with van der Waals surface area (Å²) in [5.74, 6) is -0.0847. The zero-order chi connectivity index (χ0) is 18.6. The largest absolute Gasteiger partial charge is 0.428 e. The van der Waals surface area contributed by atoms with Gasteiger partial charge in [-0.05, 0) is 45.4 Å². The van der Waals surface area contributed by atoms with E-state index >= 15 is 0 Å². The van der Waals surface area contributed by atoms with Crippen LogP contribution in [0.25, 0.3) is 21.1 Å². The normalized spacial score (nSPS) is 11.4. The quantitative estimate of drug-likeness (QED) is 0.379. The number of benzene rings is 2. The number of aryl methyl sites for hydroxylation is 3. The van der Waals surface area contributed by atoms with Gasteiger partial charge >= 0.3 is 0 Å². The van der Waals surface area contributed by atoms with Crippen LogP contribution in [0.2, 0.25) is 0 Å². The molecule has 0 amide bonds. The van der Waals surface area contributed by atoms with Gasteiger partial charge in [-0.25, -0.2) is 4.98 Å². The van der Waals surface area contributed by atoms with Crippen LogP contribution in [-0.4, -0.2) is 20.7 Å². The number of thiazole rings is 1. The summed E-state index contributed by atoms with van der Waals surface area (Å²) in [6, 6.07) is 8.16. The molecule has 6 heteroatoms. The first kappa shape index (κ1) is 16.6. The molecule has 0 fully saturated rings. The van der Waals surface area contributed by atoms with Crippen molar-refractivity contribution in [2.75, 3.05) is 5.32 Å². The molecule has 0 atom stereocenters. The molecule has 2 N–H and O–H groups in total. The Hall–Kier alpha value is -2.86. The highest BCUT2D eigenvalue weighted by molar-refractivity contribution is 7.19. The van der Waals surface area contributed by atoms with E-state index in [0.29, 0.717) is 16.6 Å². The van der Waals surface area contributed by atoms with E-state index in [2.05, 4.69) is 29.4 Å². The SMILES string of the molecule is CC(=O)c1cn(O)c2c1c(C)c(Nc1ccc(C)cc1)c1sc(C)nc12. The monoisotopic (exact) mass is 365 g/mol. The van der Waals surface area contributed by atoms with Crippen molar-refractivity contribution < 1.29 is 10.0 Å². The minimum absolute atomic E-state index is 0.0847. The lowest BCUT2D eigenvalue weighted by Crippen LogP contribution is -1.97. The van der Waals surface area contributed by atoms with Crippen molar-refractivity contribution in [1.29, 1.82) is 0 Å². The van der Waals surface area contributed by atoms with E-state index in [-0.39, 0.29) is 5.78 Å². The Labute approximate surface area is 154 Å². The molecule has 0 aliphatic rings. The van der Waals surface area contributed by atoms with Gasteiger partial charge in [0.2, 0.25) is 0 Å². The van der Waals surface area contributed by atoms with Crippen molar-refractivity contribution >= 4 is 49.6 Å². The van der Waals surface area contributed by atoms with Crippen LogP contribution in [0, 0.1) is 20.8 Å². The number of nitrogens with one attached hydrogen (secondary N) is 1. The molecule has 2 aromatic heterocycles. The van der Waals surface area contributed by atoms with Crippen molar-refractivity contribution in [3.05, 3.63) is 52.2 Å². The van der Waals surface area contributed by atoms with Gasteiger partial charge in [0.15, 0.2) is 5.78 Å². The minimum Gasteiger partial charge on any atom is -0.428 e. The highest BCUT2D eigenvalue weighted by Gasteiger charge is 2.23. The van der Waals surface area contributed by atoms with E-state index in [1.807, 2.05) is 26.0 Å². The first-order valence-electron chi connectivity index (χ1n) is 8.35. The first-order valence-corrected chi connectivity index (χ1v) is 9.17. The van der Waals surface area contributed by atoms with Crippen LogP contribution < -0.4 is 5.32 Å². The number of ketones is 1. The fraction of sp³-hybridized carbons (Fsp3) is 0.200. The summed E-state index contributed by atoms with van der Waals surface area (Å²) >= 11 is 1.57. The van der Waals surface area contributed by atoms with Crippen molar-refractivity contribution in [1.82, 2.24) is 9.71 Å².